The molecule has 0 aliphatic heterocycles. The summed E-state index contributed by atoms with van der Waals surface area (Å²) in [6.07, 6.45) is 5.51. The summed E-state index contributed by atoms with van der Waals surface area (Å²) in [7, 11) is 0. The van der Waals surface area contributed by atoms with E-state index in [2.05, 4.69) is 58.4 Å². The largest absolute Gasteiger partial charge is 0.322 e. The van der Waals surface area contributed by atoms with Gasteiger partial charge in [0.25, 0.3) is 0 Å². The summed E-state index contributed by atoms with van der Waals surface area (Å²) >= 11 is 0. The molecule has 0 saturated heterocycles. The van der Waals surface area contributed by atoms with Gasteiger partial charge in [-0.1, -0.05) is 20.8 Å². The van der Waals surface area contributed by atoms with Gasteiger partial charge >= 0.3 is 0 Å². The maximum absolute atomic E-state index is 4.41. The van der Waals surface area contributed by atoms with Crippen molar-refractivity contribution in [3.63, 3.8) is 0 Å². The Morgan fingerprint density at radius 3 is 2.71 bits per heavy atom. The molecule has 0 spiro atoms. The smallest absolute Gasteiger partial charge is 0.233 e. The topological polar surface area (TPSA) is 68.0 Å². The molecule has 0 aromatic carbocycles. The first-order valence-electron chi connectivity index (χ1n) is 7.84. The number of rotatable bonds is 2. The molecular formula is C18H18N6. The van der Waals surface area contributed by atoms with Crippen molar-refractivity contribution >= 4 is 28.3 Å². The molecule has 1 N–H and O–H groups in total. The second-order valence-corrected chi connectivity index (χ2v) is 6.77. The van der Waals surface area contributed by atoms with Crippen molar-refractivity contribution in [1.82, 2.24) is 24.6 Å². The van der Waals surface area contributed by atoms with Gasteiger partial charge in [-0.2, -0.15) is 0 Å². The molecule has 0 aliphatic rings. The molecule has 120 valence electrons. The predicted molar refractivity (Wildman–Crippen MR) is 94.5 cm³/mol. The van der Waals surface area contributed by atoms with Gasteiger partial charge in [-0.3, -0.25) is 14.4 Å². The first-order valence-corrected chi connectivity index (χ1v) is 7.84. The molecule has 6 nitrogen and oxygen atoms in total. The summed E-state index contributed by atoms with van der Waals surface area (Å²) in [5, 5.41) is 11.9. The lowest BCUT2D eigenvalue weighted by atomic mass is 9.88. The molecule has 0 saturated carbocycles. The van der Waals surface area contributed by atoms with E-state index >= 15 is 0 Å². The van der Waals surface area contributed by atoms with Crippen molar-refractivity contribution < 1.29 is 0 Å². The fraction of sp³-hybridized carbons (Fsp3) is 0.222. The van der Waals surface area contributed by atoms with E-state index in [4.69, 9.17) is 0 Å². The minimum atomic E-state index is 0.0759. The van der Waals surface area contributed by atoms with Crippen LogP contribution in [0.4, 0.5) is 11.6 Å². The molecule has 0 unspecified atom stereocenters. The third-order valence-electron chi connectivity index (χ3n) is 4.02. The molecule has 0 fully saturated rings. The van der Waals surface area contributed by atoms with Gasteiger partial charge in [0, 0.05) is 18.6 Å². The molecule has 6 heteroatoms. The van der Waals surface area contributed by atoms with Gasteiger partial charge in [-0.15, -0.1) is 10.2 Å². The Balaban J connectivity index is 1.77. The van der Waals surface area contributed by atoms with E-state index in [0.29, 0.717) is 5.95 Å². The second-order valence-electron chi connectivity index (χ2n) is 6.77. The molecule has 24 heavy (non-hydrogen) atoms. The standard InChI is InChI=1S/C18H18N6/c1-18(2,3)12-7-10-24-15(11-12)22-23-17(24)21-14-6-9-19-13-5-4-8-20-16(13)14/h4-11H,1-3H3,(H,19,21,23). The molecule has 0 atom stereocenters. The molecule has 4 rings (SSSR count). The normalized spacial score (nSPS) is 12.0. The summed E-state index contributed by atoms with van der Waals surface area (Å²) in [6, 6.07) is 9.87. The number of fused-ring (bicyclic) bond motifs is 2. The highest BCUT2D eigenvalue weighted by Crippen LogP contribution is 2.25. The highest BCUT2D eigenvalue weighted by molar-refractivity contribution is 5.88. The van der Waals surface area contributed by atoms with E-state index in [-0.39, 0.29) is 5.41 Å². The fourth-order valence-electron chi connectivity index (χ4n) is 2.64. The maximum atomic E-state index is 4.41. The Morgan fingerprint density at radius 1 is 1.00 bits per heavy atom. The van der Waals surface area contributed by atoms with Crippen molar-refractivity contribution in [3.05, 3.63) is 54.5 Å². The lowest BCUT2D eigenvalue weighted by Gasteiger charge is -2.18. The average molecular weight is 318 g/mol. The van der Waals surface area contributed by atoms with E-state index in [1.54, 1.807) is 12.4 Å². The summed E-state index contributed by atoms with van der Waals surface area (Å²) in [5.41, 5.74) is 4.62. The molecule has 0 radical (unpaired) electrons. The third-order valence-corrected chi connectivity index (χ3v) is 4.02. The number of hydrogen-bond acceptors (Lipinski definition) is 5. The number of anilines is 2. The lowest BCUT2D eigenvalue weighted by Crippen LogP contribution is -2.11. The summed E-state index contributed by atoms with van der Waals surface area (Å²) in [4.78, 5) is 8.73. The van der Waals surface area contributed by atoms with E-state index in [9.17, 15) is 0 Å². The van der Waals surface area contributed by atoms with Gasteiger partial charge < -0.3 is 5.32 Å². The van der Waals surface area contributed by atoms with Crippen LogP contribution in [0.3, 0.4) is 0 Å². The van der Waals surface area contributed by atoms with E-state index < -0.39 is 0 Å². The summed E-state index contributed by atoms with van der Waals surface area (Å²) in [6.45, 7) is 6.55. The van der Waals surface area contributed by atoms with Crippen molar-refractivity contribution in [2.24, 2.45) is 0 Å². The van der Waals surface area contributed by atoms with Crippen LogP contribution >= 0.6 is 0 Å². The molecule has 4 aromatic heterocycles. The number of aromatic nitrogens is 5. The van der Waals surface area contributed by atoms with Crippen LogP contribution in [0.1, 0.15) is 26.3 Å². The van der Waals surface area contributed by atoms with Gasteiger partial charge in [-0.25, -0.2) is 0 Å². The minimum absolute atomic E-state index is 0.0759. The molecule has 4 aromatic rings. The minimum Gasteiger partial charge on any atom is -0.322 e. The van der Waals surface area contributed by atoms with Crippen molar-refractivity contribution in [3.8, 4) is 0 Å². The first-order chi connectivity index (χ1) is 11.5. The highest BCUT2D eigenvalue weighted by atomic mass is 15.3. The van der Waals surface area contributed by atoms with Gasteiger partial charge in [0.2, 0.25) is 5.95 Å². The van der Waals surface area contributed by atoms with Crippen LogP contribution in [0, 0.1) is 0 Å². The summed E-state index contributed by atoms with van der Waals surface area (Å²) in [5.74, 6) is 0.656. The maximum Gasteiger partial charge on any atom is 0.233 e. The Hall–Kier alpha value is -3.02. The molecule has 0 bridgehead atoms. The first kappa shape index (κ1) is 14.6. The van der Waals surface area contributed by atoms with Crippen molar-refractivity contribution in [1.29, 1.82) is 0 Å². The van der Waals surface area contributed by atoms with Gasteiger partial charge in [0.15, 0.2) is 5.65 Å². The summed E-state index contributed by atoms with van der Waals surface area (Å²) < 4.78 is 1.93. The van der Waals surface area contributed by atoms with E-state index in [0.717, 1.165) is 22.4 Å². The zero-order valence-corrected chi connectivity index (χ0v) is 13.9. The van der Waals surface area contributed by atoms with Crippen LogP contribution in [-0.4, -0.2) is 24.6 Å². The number of nitrogens with one attached hydrogen (secondary N) is 1. The Labute approximate surface area is 139 Å². The van der Waals surface area contributed by atoms with Gasteiger partial charge in [0.1, 0.15) is 5.52 Å². The van der Waals surface area contributed by atoms with E-state index in [1.165, 1.54) is 5.56 Å². The second kappa shape index (κ2) is 5.26. The average Bonchev–Trinajstić information content (AvgIpc) is 2.97. The number of nitrogens with zero attached hydrogens (tertiary/aromatic N) is 5. The third kappa shape index (κ3) is 2.46. The monoisotopic (exact) mass is 318 g/mol. The molecule has 0 amide bonds. The highest BCUT2D eigenvalue weighted by Gasteiger charge is 2.16. The molecular weight excluding hydrogens is 300 g/mol. The van der Waals surface area contributed by atoms with Crippen LogP contribution in [0.25, 0.3) is 16.7 Å². The lowest BCUT2D eigenvalue weighted by molar-refractivity contribution is 0.589. The Morgan fingerprint density at radius 2 is 1.88 bits per heavy atom. The fourth-order valence-corrected chi connectivity index (χ4v) is 2.64. The van der Waals surface area contributed by atoms with Gasteiger partial charge in [0.05, 0.1) is 11.2 Å². The zero-order valence-electron chi connectivity index (χ0n) is 13.9. The van der Waals surface area contributed by atoms with Crippen molar-refractivity contribution in [2.45, 2.75) is 26.2 Å². The predicted octanol–water partition coefficient (Wildman–Crippen LogP) is 3.71. The molecule has 4 heterocycles. The SMILES string of the molecule is CC(C)(C)c1ccn2c(Nc3ccnc4cccnc34)nnc2c1. The number of pyridine rings is 3. The van der Waals surface area contributed by atoms with Crippen LogP contribution in [0.5, 0.6) is 0 Å². The van der Waals surface area contributed by atoms with Crippen LogP contribution < -0.4 is 5.32 Å². The zero-order chi connectivity index (χ0) is 16.7. The van der Waals surface area contributed by atoms with Gasteiger partial charge in [-0.05, 0) is 41.3 Å². The molecule has 0 aliphatic carbocycles. The quantitative estimate of drug-likeness (QED) is 0.610. The van der Waals surface area contributed by atoms with Crippen LogP contribution in [0.15, 0.2) is 48.9 Å². The van der Waals surface area contributed by atoms with Crippen LogP contribution in [-0.2, 0) is 5.41 Å². The van der Waals surface area contributed by atoms with E-state index in [1.807, 2.05) is 28.8 Å². The van der Waals surface area contributed by atoms with Crippen molar-refractivity contribution in [2.75, 3.05) is 5.32 Å². The van der Waals surface area contributed by atoms with Crippen LogP contribution in [0.2, 0.25) is 0 Å². The Kier molecular flexibility index (Phi) is 3.19. The Bertz CT molecular complexity index is 1020. The number of hydrogen-bond donors (Lipinski definition) is 1.